The zero-order chi connectivity index (χ0) is 14.9. The van der Waals surface area contributed by atoms with Crippen molar-refractivity contribution in [1.82, 2.24) is 4.90 Å². The van der Waals surface area contributed by atoms with Gasteiger partial charge in [-0.2, -0.15) is 0 Å². The Labute approximate surface area is 133 Å². The molecule has 1 atom stereocenters. The average molecular weight is 315 g/mol. The predicted molar refractivity (Wildman–Crippen MR) is 84.3 cm³/mol. The number of nitrogens with zero attached hydrogens (tertiary/aromatic N) is 1. The van der Waals surface area contributed by atoms with E-state index < -0.39 is 0 Å². The molecule has 1 fully saturated rings. The number of fused-ring (bicyclic) bond motifs is 1. The lowest BCUT2D eigenvalue weighted by atomic mass is 10.0. The summed E-state index contributed by atoms with van der Waals surface area (Å²) in [4.78, 5) is 15.7. The summed E-state index contributed by atoms with van der Waals surface area (Å²) < 4.78 is 10.8. The van der Waals surface area contributed by atoms with E-state index in [-0.39, 0.29) is 18.7 Å². The molecule has 3 heterocycles. The molecule has 0 radical (unpaired) electrons. The zero-order valence-corrected chi connectivity index (χ0v) is 13.0. The molecule has 114 valence electrons. The molecular formula is C17H17NO3S. The highest BCUT2D eigenvalue weighted by atomic mass is 32.1. The first-order valence-electron chi connectivity index (χ1n) is 7.52. The highest BCUT2D eigenvalue weighted by Crippen LogP contribution is 2.39. The van der Waals surface area contributed by atoms with Gasteiger partial charge < -0.3 is 14.4 Å². The smallest absolute Gasteiger partial charge is 0.231 e. The van der Waals surface area contributed by atoms with Crippen LogP contribution in [0.1, 0.15) is 29.3 Å². The Bertz CT molecular complexity index is 683. The molecule has 1 amide bonds. The number of ether oxygens (including phenoxy) is 2. The summed E-state index contributed by atoms with van der Waals surface area (Å²) >= 11 is 1.64. The van der Waals surface area contributed by atoms with Crippen LogP contribution < -0.4 is 9.47 Å². The Kier molecular flexibility index (Phi) is 3.50. The van der Waals surface area contributed by atoms with Crippen molar-refractivity contribution >= 4 is 17.2 Å². The lowest BCUT2D eigenvalue weighted by molar-refractivity contribution is -0.131. The standard InChI is InChI=1S/C17H17NO3S/c19-17(10-13-3-2-8-22-13)18-7-1-4-14(18)12-5-6-15-16(9-12)21-11-20-15/h2-3,5-6,8-9,14H,1,4,7,10-11H2. The Morgan fingerprint density at radius 1 is 1.27 bits per heavy atom. The van der Waals surface area contributed by atoms with Gasteiger partial charge in [0.05, 0.1) is 12.5 Å². The number of likely N-dealkylation sites (tertiary alicyclic amines) is 1. The molecule has 1 aromatic heterocycles. The highest BCUT2D eigenvalue weighted by molar-refractivity contribution is 7.10. The summed E-state index contributed by atoms with van der Waals surface area (Å²) in [5.74, 6) is 1.79. The van der Waals surface area contributed by atoms with E-state index in [2.05, 4.69) is 6.07 Å². The van der Waals surface area contributed by atoms with E-state index in [9.17, 15) is 4.79 Å². The van der Waals surface area contributed by atoms with E-state index in [0.29, 0.717) is 6.42 Å². The lowest BCUT2D eigenvalue weighted by Gasteiger charge is -2.25. The number of hydrogen-bond acceptors (Lipinski definition) is 4. The topological polar surface area (TPSA) is 38.8 Å². The quantitative estimate of drug-likeness (QED) is 0.871. The molecule has 0 bridgehead atoms. The van der Waals surface area contributed by atoms with E-state index in [1.807, 2.05) is 34.5 Å². The zero-order valence-electron chi connectivity index (χ0n) is 12.2. The summed E-state index contributed by atoms with van der Waals surface area (Å²) in [7, 11) is 0. The van der Waals surface area contributed by atoms with Crippen LogP contribution in [0.5, 0.6) is 11.5 Å². The van der Waals surface area contributed by atoms with Gasteiger partial charge in [-0.15, -0.1) is 11.3 Å². The summed E-state index contributed by atoms with van der Waals surface area (Å²) in [6.07, 6.45) is 2.56. The minimum Gasteiger partial charge on any atom is -0.454 e. The molecule has 2 aliphatic heterocycles. The second-order valence-electron chi connectivity index (χ2n) is 5.61. The van der Waals surface area contributed by atoms with Crippen LogP contribution in [0.2, 0.25) is 0 Å². The average Bonchev–Trinajstić information content (AvgIpc) is 3.27. The van der Waals surface area contributed by atoms with Crippen LogP contribution in [0.4, 0.5) is 0 Å². The van der Waals surface area contributed by atoms with Crippen LogP contribution in [0.3, 0.4) is 0 Å². The van der Waals surface area contributed by atoms with Crippen molar-refractivity contribution in [2.24, 2.45) is 0 Å². The molecule has 2 aliphatic rings. The van der Waals surface area contributed by atoms with Gasteiger partial charge in [-0.3, -0.25) is 4.79 Å². The second kappa shape index (κ2) is 5.65. The van der Waals surface area contributed by atoms with Gasteiger partial charge >= 0.3 is 0 Å². The van der Waals surface area contributed by atoms with Crippen LogP contribution in [0.25, 0.3) is 0 Å². The van der Waals surface area contributed by atoms with E-state index in [4.69, 9.17) is 9.47 Å². The van der Waals surface area contributed by atoms with E-state index >= 15 is 0 Å². The number of carbonyl (C=O) groups excluding carboxylic acids is 1. The molecule has 0 N–H and O–H groups in total. The fraction of sp³-hybridized carbons (Fsp3) is 0.353. The third-order valence-corrected chi connectivity index (χ3v) is 5.14. The van der Waals surface area contributed by atoms with Crippen LogP contribution in [0, 0.1) is 0 Å². The molecular weight excluding hydrogens is 298 g/mol. The van der Waals surface area contributed by atoms with Crippen molar-refractivity contribution in [3.63, 3.8) is 0 Å². The van der Waals surface area contributed by atoms with Crippen LogP contribution in [0.15, 0.2) is 35.7 Å². The number of benzene rings is 1. The SMILES string of the molecule is O=C(Cc1cccs1)N1CCCC1c1ccc2c(c1)OCO2. The monoisotopic (exact) mass is 315 g/mol. The van der Waals surface area contributed by atoms with Crippen molar-refractivity contribution < 1.29 is 14.3 Å². The minimum absolute atomic E-state index is 0.155. The second-order valence-corrected chi connectivity index (χ2v) is 6.65. The van der Waals surface area contributed by atoms with Crippen LogP contribution in [-0.4, -0.2) is 24.1 Å². The molecule has 4 nitrogen and oxygen atoms in total. The molecule has 0 saturated carbocycles. The first-order valence-corrected chi connectivity index (χ1v) is 8.40. The summed E-state index contributed by atoms with van der Waals surface area (Å²) in [5.41, 5.74) is 1.14. The van der Waals surface area contributed by atoms with Gasteiger partial charge in [0, 0.05) is 11.4 Å². The van der Waals surface area contributed by atoms with E-state index in [0.717, 1.165) is 41.3 Å². The summed E-state index contributed by atoms with van der Waals surface area (Å²) in [6.45, 7) is 1.12. The van der Waals surface area contributed by atoms with Crippen molar-refractivity contribution in [3.8, 4) is 11.5 Å². The van der Waals surface area contributed by atoms with Crippen molar-refractivity contribution in [3.05, 3.63) is 46.2 Å². The number of hydrogen-bond donors (Lipinski definition) is 0. The molecule has 0 aliphatic carbocycles. The third kappa shape index (κ3) is 2.46. The van der Waals surface area contributed by atoms with Gasteiger partial charge in [-0.05, 0) is 42.0 Å². The normalized spacial score (nSPS) is 19.6. The van der Waals surface area contributed by atoms with Gasteiger partial charge in [0.25, 0.3) is 0 Å². The largest absolute Gasteiger partial charge is 0.454 e. The Morgan fingerprint density at radius 2 is 2.18 bits per heavy atom. The first-order chi connectivity index (χ1) is 10.8. The van der Waals surface area contributed by atoms with Gasteiger partial charge in [-0.25, -0.2) is 0 Å². The molecule has 2 aromatic rings. The number of amides is 1. The Morgan fingerprint density at radius 3 is 3.05 bits per heavy atom. The Hall–Kier alpha value is -2.01. The van der Waals surface area contributed by atoms with Gasteiger partial charge in [0.2, 0.25) is 12.7 Å². The van der Waals surface area contributed by atoms with Crippen molar-refractivity contribution in [2.75, 3.05) is 13.3 Å². The number of rotatable bonds is 3. The maximum Gasteiger partial charge on any atom is 0.231 e. The third-order valence-electron chi connectivity index (χ3n) is 4.26. The molecule has 1 aromatic carbocycles. The van der Waals surface area contributed by atoms with Gasteiger partial charge in [0.1, 0.15) is 0 Å². The predicted octanol–water partition coefficient (Wildman–Crippen LogP) is 3.38. The Balaban J connectivity index is 1.54. The van der Waals surface area contributed by atoms with E-state index in [1.165, 1.54) is 0 Å². The van der Waals surface area contributed by atoms with Crippen LogP contribution in [-0.2, 0) is 11.2 Å². The number of thiophene rings is 1. The molecule has 22 heavy (non-hydrogen) atoms. The van der Waals surface area contributed by atoms with Gasteiger partial charge in [0.15, 0.2) is 11.5 Å². The highest BCUT2D eigenvalue weighted by Gasteiger charge is 2.31. The van der Waals surface area contributed by atoms with Gasteiger partial charge in [-0.1, -0.05) is 12.1 Å². The molecule has 1 saturated heterocycles. The lowest BCUT2D eigenvalue weighted by Crippen LogP contribution is -2.31. The van der Waals surface area contributed by atoms with Crippen molar-refractivity contribution in [1.29, 1.82) is 0 Å². The maximum atomic E-state index is 12.6. The fourth-order valence-electron chi connectivity index (χ4n) is 3.20. The molecule has 4 rings (SSSR count). The van der Waals surface area contributed by atoms with Crippen molar-refractivity contribution in [2.45, 2.75) is 25.3 Å². The first kappa shape index (κ1) is 13.6. The molecule has 5 heteroatoms. The summed E-state index contributed by atoms with van der Waals surface area (Å²) in [5, 5.41) is 2.02. The van der Waals surface area contributed by atoms with Crippen LogP contribution >= 0.6 is 11.3 Å². The maximum absolute atomic E-state index is 12.6. The number of carbonyl (C=O) groups is 1. The fourth-order valence-corrected chi connectivity index (χ4v) is 3.89. The molecule has 1 unspecified atom stereocenters. The summed E-state index contributed by atoms with van der Waals surface area (Å²) in [6, 6.07) is 10.2. The minimum atomic E-state index is 0.155. The van der Waals surface area contributed by atoms with E-state index in [1.54, 1.807) is 11.3 Å². The molecule has 0 spiro atoms.